The van der Waals surface area contributed by atoms with Gasteiger partial charge in [0.15, 0.2) is 0 Å². The molecule has 1 atom stereocenters. The largest absolute Gasteiger partial charge is 0.348 e. The van der Waals surface area contributed by atoms with E-state index in [2.05, 4.69) is 28.4 Å². The number of carbonyl (C=O) groups is 1. The zero-order chi connectivity index (χ0) is 16.5. The first-order valence-electron chi connectivity index (χ1n) is 8.90. The molecule has 5 rings (SSSR count). The van der Waals surface area contributed by atoms with E-state index in [0.29, 0.717) is 12.0 Å². The molecule has 0 saturated carbocycles. The van der Waals surface area contributed by atoms with Gasteiger partial charge in [0, 0.05) is 18.2 Å². The van der Waals surface area contributed by atoms with Crippen LogP contribution in [-0.4, -0.2) is 36.5 Å². The summed E-state index contributed by atoms with van der Waals surface area (Å²) in [5, 5.41) is 3.31. The molecular weight excluding hydrogens is 296 g/mol. The lowest BCUT2D eigenvalue weighted by atomic mass is 9.84. The van der Waals surface area contributed by atoms with Crippen molar-refractivity contribution in [3.8, 4) is 11.1 Å². The maximum Gasteiger partial charge on any atom is 0.251 e. The number of amides is 1. The second-order valence-electron chi connectivity index (χ2n) is 7.11. The summed E-state index contributed by atoms with van der Waals surface area (Å²) in [5.41, 5.74) is 4.08. The van der Waals surface area contributed by atoms with Crippen LogP contribution in [0.4, 0.5) is 0 Å². The third kappa shape index (κ3) is 2.96. The van der Waals surface area contributed by atoms with E-state index in [9.17, 15) is 4.79 Å². The smallest absolute Gasteiger partial charge is 0.251 e. The molecular formula is C21H24N2O. The number of aryl methyl sites for hydroxylation is 1. The summed E-state index contributed by atoms with van der Waals surface area (Å²) in [5.74, 6) is 0.723. The normalized spacial score (nSPS) is 25.5. The van der Waals surface area contributed by atoms with E-state index in [1.54, 1.807) is 0 Å². The summed E-state index contributed by atoms with van der Waals surface area (Å²) >= 11 is 0. The SMILES string of the molecule is Cc1ccc(-c2ccccc2)cc1C(=O)N[C@H]1CN2CCC1CC2. The first-order chi connectivity index (χ1) is 11.7. The highest BCUT2D eigenvalue weighted by molar-refractivity contribution is 5.97. The number of fused-ring (bicyclic) bond motifs is 3. The van der Waals surface area contributed by atoms with Crippen LogP contribution in [0.25, 0.3) is 11.1 Å². The molecule has 0 aromatic heterocycles. The van der Waals surface area contributed by atoms with Crippen molar-refractivity contribution in [2.45, 2.75) is 25.8 Å². The topological polar surface area (TPSA) is 32.3 Å². The van der Waals surface area contributed by atoms with Gasteiger partial charge in [-0.25, -0.2) is 0 Å². The van der Waals surface area contributed by atoms with Crippen molar-refractivity contribution >= 4 is 5.91 Å². The fourth-order valence-electron chi connectivity index (χ4n) is 4.05. The third-order valence-corrected chi connectivity index (χ3v) is 5.56. The zero-order valence-electron chi connectivity index (χ0n) is 14.2. The lowest BCUT2D eigenvalue weighted by molar-refractivity contribution is 0.0620. The number of benzene rings is 2. The van der Waals surface area contributed by atoms with Gasteiger partial charge in [0.05, 0.1) is 0 Å². The monoisotopic (exact) mass is 320 g/mol. The summed E-state index contributed by atoms with van der Waals surface area (Å²) in [4.78, 5) is 15.3. The molecule has 0 spiro atoms. The highest BCUT2D eigenvalue weighted by Gasteiger charge is 2.35. The Labute approximate surface area is 143 Å². The van der Waals surface area contributed by atoms with E-state index in [4.69, 9.17) is 0 Å². The Balaban J connectivity index is 1.56. The Morgan fingerprint density at radius 1 is 1.04 bits per heavy atom. The van der Waals surface area contributed by atoms with Gasteiger partial charge in [-0.15, -0.1) is 0 Å². The fourth-order valence-corrected chi connectivity index (χ4v) is 4.05. The summed E-state index contributed by atoms with van der Waals surface area (Å²) < 4.78 is 0. The molecule has 1 amide bonds. The van der Waals surface area contributed by atoms with Gasteiger partial charge in [0.1, 0.15) is 0 Å². The van der Waals surface area contributed by atoms with Crippen molar-refractivity contribution < 1.29 is 4.79 Å². The number of carbonyl (C=O) groups excluding carboxylic acids is 1. The summed E-state index contributed by atoms with van der Waals surface area (Å²) in [6, 6.07) is 16.7. The fraction of sp³-hybridized carbons (Fsp3) is 0.381. The van der Waals surface area contributed by atoms with Crippen LogP contribution in [-0.2, 0) is 0 Å². The lowest BCUT2D eigenvalue weighted by Gasteiger charge is -2.45. The van der Waals surface area contributed by atoms with Crippen LogP contribution < -0.4 is 5.32 Å². The molecule has 3 fully saturated rings. The van der Waals surface area contributed by atoms with Gasteiger partial charge in [-0.3, -0.25) is 4.79 Å². The van der Waals surface area contributed by atoms with Gasteiger partial charge in [-0.2, -0.15) is 0 Å². The zero-order valence-corrected chi connectivity index (χ0v) is 14.2. The van der Waals surface area contributed by atoms with Crippen LogP contribution in [0.1, 0.15) is 28.8 Å². The molecule has 3 saturated heterocycles. The summed E-state index contributed by atoms with van der Waals surface area (Å²) in [6.45, 7) is 5.41. The molecule has 2 bridgehead atoms. The van der Waals surface area contributed by atoms with Crippen molar-refractivity contribution in [1.82, 2.24) is 10.2 Å². The molecule has 1 N–H and O–H groups in total. The molecule has 3 aliphatic heterocycles. The Bertz CT molecular complexity index is 733. The number of nitrogens with one attached hydrogen (secondary N) is 1. The minimum absolute atomic E-state index is 0.0732. The average molecular weight is 320 g/mol. The average Bonchev–Trinajstić information content (AvgIpc) is 2.64. The summed E-state index contributed by atoms with van der Waals surface area (Å²) in [7, 11) is 0. The quantitative estimate of drug-likeness (QED) is 0.939. The standard InChI is InChI=1S/C21H24N2O/c1-15-7-8-18(16-5-3-2-4-6-16)13-19(15)21(24)22-20-14-23-11-9-17(20)10-12-23/h2-8,13,17,20H,9-12,14H2,1H3,(H,22,24)/t20-/m0/s1. The molecule has 124 valence electrons. The maximum absolute atomic E-state index is 12.9. The minimum Gasteiger partial charge on any atom is -0.348 e. The number of hydrogen-bond acceptors (Lipinski definition) is 2. The van der Waals surface area contributed by atoms with E-state index in [1.165, 1.54) is 25.9 Å². The number of piperidine rings is 3. The van der Waals surface area contributed by atoms with Crippen LogP contribution in [0.5, 0.6) is 0 Å². The molecule has 0 radical (unpaired) electrons. The Morgan fingerprint density at radius 2 is 1.79 bits per heavy atom. The van der Waals surface area contributed by atoms with Crippen molar-refractivity contribution in [3.63, 3.8) is 0 Å². The second-order valence-corrected chi connectivity index (χ2v) is 7.11. The van der Waals surface area contributed by atoms with E-state index in [1.807, 2.05) is 37.3 Å². The van der Waals surface area contributed by atoms with Gasteiger partial charge in [0.2, 0.25) is 0 Å². The molecule has 3 aliphatic rings. The van der Waals surface area contributed by atoms with Gasteiger partial charge >= 0.3 is 0 Å². The minimum atomic E-state index is 0.0732. The van der Waals surface area contributed by atoms with Crippen molar-refractivity contribution in [1.29, 1.82) is 0 Å². The maximum atomic E-state index is 12.9. The second kappa shape index (κ2) is 6.40. The molecule has 3 nitrogen and oxygen atoms in total. The molecule has 2 aromatic rings. The van der Waals surface area contributed by atoms with Crippen molar-refractivity contribution in [2.75, 3.05) is 19.6 Å². The first-order valence-corrected chi connectivity index (χ1v) is 8.90. The molecule has 24 heavy (non-hydrogen) atoms. The van der Waals surface area contributed by atoms with E-state index in [-0.39, 0.29) is 5.91 Å². The van der Waals surface area contributed by atoms with Crippen LogP contribution in [0.3, 0.4) is 0 Å². The van der Waals surface area contributed by atoms with Gasteiger partial charge < -0.3 is 10.2 Å². The molecule has 0 unspecified atom stereocenters. The Hall–Kier alpha value is -2.13. The number of rotatable bonds is 3. The molecule has 3 heteroatoms. The lowest BCUT2D eigenvalue weighted by Crippen LogP contribution is -2.57. The number of nitrogens with zero attached hydrogens (tertiary/aromatic N) is 1. The Kier molecular flexibility index (Phi) is 4.11. The van der Waals surface area contributed by atoms with Gasteiger partial charge in [-0.1, -0.05) is 42.5 Å². The Morgan fingerprint density at radius 3 is 2.46 bits per heavy atom. The number of hydrogen-bond donors (Lipinski definition) is 1. The van der Waals surface area contributed by atoms with Gasteiger partial charge in [-0.05, 0) is 61.5 Å². The van der Waals surface area contributed by atoms with E-state index < -0.39 is 0 Å². The molecule has 3 heterocycles. The third-order valence-electron chi connectivity index (χ3n) is 5.56. The van der Waals surface area contributed by atoms with Crippen LogP contribution in [0.2, 0.25) is 0 Å². The molecule has 0 aliphatic carbocycles. The highest BCUT2D eigenvalue weighted by atomic mass is 16.1. The first kappa shape index (κ1) is 15.4. The predicted octanol–water partition coefficient (Wildman–Crippen LogP) is 3.49. The van der Waals surface area contributed by atoms with E-state index in [0.717, 1.165) is 28.8 Å². The van der Waals surface area contributed by atoms with Crippen molar-refractivity contribution in [3.05, 3.63) is 59.7 Å². The molecule has 2 aromatic carbocycles. The van der Waals surface area contributed by atoms with E-state index >= 15 is 0 Å². The highest BCUT2D eigenvalue weighted by Crippen LogP contribution is 2.28. The summed E-state index contributed by atoms with van der Waals surface area (Å²) in [6.07, 6.45) is 2.43. The van der Waals surface area contributed by atoms with Crippen LogP contribution >= 0.6 is 0 Å². The van der Waals surface area contributed by atoms with Crippen molar-refractivity contribution in [2.24, 2.45) is 5.92 Å². The van der Waals surface area contributed by atoms with Gasteiger partial charge in [0.25, 0.3) is 5.91 Å². The van der Waals surface area contributed by atoms with Crippen LogP contribution in [0.15, 0.2) is 48.5 Å². The van der Waals surface area contributed by atoms with Crippen LogP contribution in [0, 0.1) is 12.8 Å². The predicted molar refractivity (Wildman–Crippen MR) is 97.0 cm³/mol.